The molecule has 1 aromatic carbocycles. The van der Waals surface area contributed by atoms with Crippen LogP contribution >= 0.6 is 0 Å². The number of halogens is 1. The van der Waals surface area contributed by atoms with Gasteiger partial charge in [0.1, 0.15) is 5.82 Å². The van der Waals surface area contributed by atoms with E-state index in [2.05, 4.69) is 40.7 Å². The van der Waals surface area contributed by atoms with E-state index in [0.717, 1.165) is 38.2 Å². The minimum absolute atomic E-state index is 0.195. The maximum Gasteiger partial charge on any atom is 0.123 e. The molecule has 1 aromatic rings. The summed E-state index contributed by atoms with van der Waals surface area (Å²) in [7, 11) is 0. The van der Waals surface area contributed by atoms with Gasteiger partial charge in [-0.25, -0.2) is 4.39 Å². The van der Waals surface area contributed by atoms with Crippen LogP contribution in [0.2, 0.25) is 0 Å². The third-order valence-electron chi connectivity index (χ3n) is 6.32. The minimum atomic E-state index is -0.195. The molecule has 28 heavy (non-hydrogen) atoms. The van der Waals surface area contributed by atoms with Gasteiger partial charge in [0, 0.05) is 50.9 Å². The van der Waals surface area contributed by atoms with E-state index in [0.29, 0.717) is 18.1 Å². The molecule has 2 aliphatic heterocycles. The van der Waals surface area contributed by atoms with Crippen LogP contribution in [0.5, 0.6) is 0 Å². The maximum absolute atomic E-state index is 13.0. The summed E-state index contributed by atoms with van der Waals surface area (Å²) in [6.45, 7) is 11.3. The highest BCUT2D eigenvalue weighted by Gasteiger charge is 2.33. The predicted molar refractivity (Wildman–Crippen MR) is 114 cm³/mol. The molecule has 1 atom stereocenters. The molecular formula is C23H36FN3O. The maximum atomic E-state index is 13.0. The molecule has 2 aliphatic rings. The molecule has 2 heterocycles. The summed E-state index contributed by atoms with van der Waals surface area (Å²) >= 11 is 0. The minimum Gasteiger partial charge on any atom is -0.396 e. The Morgan fingerprint density at radius 3 is 2.46 bits per heavy atom. The lowest BCUT2D eigenvalue weighted by Gasteiger charge is -2.48. The normalized spacial score (nSPS) is 23.8. The number of likely N-dealkylation sites (tertiary alicyclic amines) is 1. The Bertz CT molecular complexity index is 611. The number of hydrogen-bond acceptors (Lipinski definition) is 4. The van der Waals surface area contributed by atoms with E-state index in [-0.39, 0.29) is 12.4 Å². The molecule has 2 fully saturated rings. The Morgan fingerprint density at radius 1 is 1.11 bits per heavy atom. The second-order valence-corrected chi connectivity index (χ2v) is 8.48. The van der Waals surface area contributed by atoms with Crippen molar-refractivity contribution in [2.24, 2.45) is 0 Å². The number of rotatable bonds is 7. The number of piperazine rings is 1. The molecule has 2 saturated heterocycles. The molecule has 0 aliphatic carbocycles. The SMILES string of the molecule is CC(C)N1CCC(N2CCN(C/C=C/c3ccc(F)cc3)CC2CCO)CC1. The van der Waals surface area contributed by atoms with Gasteiger partial charge in [-0.1, -0.05) is 24.3 Å². The van der Waals surface area contributed by atoms with Crippen molar-refractivity contribution < 1.29 is 9.50 Å². The lowest BCUT2D eigenvalue weighted by Crippen LogP contribution is -2.58. The van der Waals surface area contributed by atoms with Crippen molar-refractivity contribution in [1.82, 2.24) is 14.7 Å². The van der Waals surface area contributed by atoms with Gasteiger partial charge in [0.05, 0.1) is 0 Å². The van der Waals surface area contributed by atoms with Gasteiger partial charge >= 0.3 is 0 Å². The van der Waals surface area contributed by atoms with E-state index in [4.69, 9.17) is 0 Å². The lowest BCUT2D eigenvalue weighted by atomic mass is 9.97. The summed E-state index contributed by atoms with van der Waals surface area (Å²) in [4.78, 5) is 7.72. The number of hydrogen-bond donors (Lipinski definition) is 1. The fourth-order valence-corrected chi connectivity index (χ4v) is 4.63. The fourth-order valence-electron chi connectivity index (χ4n) is 4.63. The van der Waals surface area contributed by atoms with Crippen molar-refractivity contribution >= 4 is 6.08 Å². The van der Waals surface area contributed by atoms with Crippen LogP contribution in [-0.2, 0) is 0 Å². The Balaban J connectivity index is 1.51. The zero-order chi connectivity index (χ0) is 19.9. The Hall–Kier alpha value is -1.27. The van der Waals surface area contributed by atoms with E-state index in [1.807, 2.05) is 12.1 Å². The van der Waals surface area contributed by atoms with Crippen molar-refractivity contribution in [3.05, 3.63) is 41.7 Å². The molecule has 4 nitrogen and oxygen atoms in total. The van der Waals surface area contributed by atoms with Crippen molar-refractivity contribution in [3.63, 3.8) is 0 Å². The van der Waals surface area contributed by atoms with Gasteiger partial charge in [-0.3, -0.25) is 9.80 Å². The van der Waals surface area contributed by atoms with Crippen molar-refractivity contribution in [3.8, 4) is 0 Å². The zero-order valence-corrected chi connectivity index (χ0v) is 17.4. The highest BCUT2D eigenvalue weighted by atomic mass is 19.1. The largest absolute Gasteiger partial charge is 0.396 e. The van der Waals surface area contributed by atoms with Gasteiger partial charge in [-0.2, -0.15) is 0 Å². The Kier molecular flexibility index (Phi) is 8.03. The van der Waals surface area contributed by atoms with Crippen LogP contribution in [0.4, 0.5) is 4.39 Å². The van der Waals surface area contributed by atoms with E-state index >= 15 is 0 Å². The molecule has 0 saturated carbocycles. The van der Waals surface area contributed by atoms with Gasteiger partial charge in [-0.05, 0) is 63.9 Å². The third-order valence-corrected chi connectivity index (χ3v) is 6.32. The van der Waals surface area contributed by atoms with Crippen LogP contribution in [0.1, 0.15) is 38.7 Å². The Morgan fingerprint density at radius 2 is 1.82 bits per heavy atom. The van der Waals surface area contributed by atoms with Crippen LogP contribution in [0, 0.1) is 5.82 Å². The molecule has 0 amide bonds. The molecule has 5 heteroatoms. The Labute approximate surface area is 169 Å². The molecule has 1 N–H and O–H groups in total. The van der Waals surface area contributed by atoms with Crippen LogP contribution in [0.3, 0.4) is 0 Å². The molecule has 0 spiro atoms. The highest BCUT2D eigenvalue weighted by molar-refractivity contribution is 5.48. The second kappa shape index (κ2) is 10.5. The van der Waals surface area contributed by atoms with Crippen LogP contribution in [0.15, 0.2) is 30.3 Å². The first kappa shape index (κ1) is 21.4. The number of nitrogens with zero attached hydrogens (tertiary/aromatic N) is 3. The molecule has 3 rings (SSSR count). The van der Waals surface area contributed by atoms with Crippen LogP contribution < -0.4 is 0 Å². The average Bonchev–Trinajstić information content (AvgIpc) is 2.70. The number of benzene rings is 1. The van der Waals surface area contributed by atoms with Crippen LogP contribution in [-0.4, -0.2) is 83.8 Å². The first-order valence-corrected chi connectivity index (χ1v) is 10.8. The first-order valence-electron chi connectivity index (χ1n) is 10.8. The molecule has 1 unspecified atom stereocenters. The van der Waals surface area contributed by atoms with Crippen LogP contribution in [0.25, 0.3) is 6.08 Å². The standard InChI is InChI=1S/C23H36FN3O/c1-19(2)26-13-9-22(10-14-26)27-16-15-25(18-23(27)11-17-28)12-3-4-20-5-7-21(24)8-6-20/h3-8,19,22-23,28H,9-18H2,1-2H3/b4-3+. The van der Waals surface area contributed by atoms with Gasteiger partial charge in [0.15, 0.2) is 0 Å². The summed E-state index contributed by atoms with van der Waals surface area (Å²) < 4.78 is 13.0. The van der Waals surface area contributed by atoms with E-state index in [9.17, 15) is 9.50 Å². The molecule has 156 valence electrons. The molecule has 0 aromatic heterocycles. The topological polar surface area (TPSA) is 30.0 Å². The van der Waals surface area contributed by atoms with E-state index < -0.39 is 0 Å². The fraction of sp³-hybridized carbons (Fsp3) is 0.652. The summed E-state index contributed by atoms with van der Waals surface area (Å²) in [5, 5.41) is 9.58. The summed E-state index contributed by atoms with van der Waals surface area (Å²) in [5.74, 6) is -0.195. The van der Waals surface area contributed by atoms with Gasteiger partial charge < -0.3 is 10.0 Å². The third kappa shape index (κ3) is 5.86. The van der Waals surface area contributed by atoms with Gasteiger partial charge in [0.2, 0.25) is 0 Å². The molecular weight excluding hydrogens is 353 g/mol. The predicted octanol–water partition coefficient (Wildman–Crippen LogP) is 3.08. The molecule has 0 bridgehead atoms. The van der Waals surface area contributed by atoms with Gasteiger partial charge in [0.25, 0.3) is 0 Å². The molecule has 0 radical (unpaired) electrons. The van der Waals surface area contributed by atoms with E-state index in [1.54, 1.807) is 0 Å². The van der Waals surface area contributed by atoms with Crippen molar-refractivity contribution in [2.45, 2.75) is 51.2 Å². The van der Waals surface area contributed by atoms with Gasteiger partial charge in [-0.15, -0.1) is 0 Å². The monoisotopic (exact) mass is 389 g/mol. The quantitative estimate of drug-likeness (QED) is 0.776. The first-order chi connectivity index (χ1) is 13.6. The number of aliphatic hydroxyl groups is 1. The zero-order valence-electron chi connectivity index (χ0n) is 17.4. The average molecular weight is 390 g/mol. The van der Waals surface area contributed by atoms with Crippen molar-refractivity contribution in [2.75, 3.05) is 45.9 Å². The second-order valence-electron chi connectivity index (χ2n) is 8.48. The summed E-state index contributed by atoms with van der Waals surface area (Å²) in [6.07, 6.45) is 7.56. The van der Waals surface area contributed by atoms with Crippen molar-refractivity contribution in [1.29, 1.82) is 0 Å². The summed E-state index contributed by atoms with van der Waals surface area (Å²) in [5.41, 5.74) is 1.03. The smallest absolute Gasteiger partial charge is 0.123 e. The number of piperidine rings is 1. The lowest BCUT2D eigenvalue weighted by molar-refractivity contribution is 0.00552. The van der Waals surface area contributed by atoms with E-state index in [1.165, 1.54) is 38.1 Å². The summed E-state index contributed by atoms with van der Waals surface area (Å²) in [6, 6.07) is 8.35. The highest BCUT2D eigenvalue weighted by Crippen LogP contribution is 2.24. The number of aliphatic hydroxyl groups excluding tert-OH is 1.